The van der Waals surface area contributed by atoms with Gasteiger partial charge in [-0.1, -0.05) is 6.07 Å². The van der Waals surface area contributed by atoms with Gasteiger partial charge in [0.1, 0.15) is 11.8 Å². The van der Waals surface area contributed by atoms with Crippen molar-refractivity contribution in [3.8, 4) is 6.07 Å². The Labute approximate surface area is 107 Å². The van der Waals surface area contributed by atoms with Crippen molar-refractivity contribution in [2.75, 3.05) is 13.2 Å². The van der Waals surface area contributed by atoms with Crippen LogP contribution < -0.4 is 0 Å². The second-order valence-corrected chi connectivity index (χ2v) is 5.00. The lowest BCUT2D eigenvalue weighted by Gasteiger charge is -2.37. The van der Waals surface area contributed by atoms with E-state index in [2.05, 4.69) is 16.0 Å². The molecular weight excluding hydrogens is 226 g/mol. The largest absolute Gasteiger partial charge is 0.375 e. The molecule has 0 N–H and O–H groups in total. The molecule has 2 fully saturated rings. The van der Waals surface area contributed by atoms with E-state index in [-0.39, 0.29) is 0 Å². The highest BCUT2D eigenvalue weighted by molar-refractivity contribution is 5.30. The van der Waals surface area contributed by atoms with Gasteiger partial charge in [0.15, 0.2) is 0 Å². The quantitative estimate of drug-likeness (QED) is 0.793. The summed E-state index contributed by atoms with van der Waals surface area (Å²) in [6, 6.07) is 6.62. The number of morpholine rings is 1. The van der Waals surface area contributed by atoms with Gasteiger partial charge < -0.3 is 4.74 Å². The summed E-state index contributed by atoms with van der Waals surface area (Å²) in [4.78, 5) is 6.59. The minimum atomic E-state index is 0.404. The number of rotatable bonds is 2. The number of aromatic nitrogens is 1. The van der Waals surface area contributed by atoms with Gasteiger partial charge in [-0.05, 0) is 25.3 Å². The normalized spacial score (nSPS) is 27.7. The van der Waals surface area contributed by atoms with E-state index in [9.17, 15) is 0 Å². The predicted molar refractivity (Wildman–Crippen MR) is 66.7 cm³/mol. The van der Waals surface area contributed by atoms with Crippen molar-refractivity contribution >= 4 is 0 Å². The Morgan fingerprint density at radius 1 is 1.50 bits per heavy atom. The number of hydrogen-bond donors (Lipinski definition) is 0. The molecule has 2 unspecified atom stereocenters. The molecule has 1 saturated carbocycles. The lowest BCUT2D eigenvalue weighted by Crippen LogP contribution is -2.47. The van der Waals surface area contributed by atoms with E-state index in [0.717, 1.165) is 25.3 Å². The molecule has 1 saturated heterocycles. The fourth-order valence-electron chi connectivity index (χ4n) is 3.09. The fourth-order valence-corrected chi connectivity index (χ4v) is 3.09. The summed E-state index contributed by atoms with van der Waals surface area (Å²) >= 11 is 0. The maximum Gasteiger partial charge on any atom is 0.144 e. The molecule has 0 bridgehead atoms. The summed E-state index contributed by atoms with van der Waals surface area (Å²) in [5.74, 6) is 0. The Hall–Kier alpha value is -1.44. The van der Waals surface area contributed by atoms with Crippen LogP contribution in [0.15, 0.2) is 18.3 Å². The number of nitrogens with zero attached hydrogens (tertiary/aromatic N) is 3. The first-order valence-electron chi connectivity index (χ1n) is 6.58. The number of pyridine rings is 1. The van der Waals surface area contributed by atoms with E-state index >= 15 is 0 Å². The maximum absolute atomic E-state index is 9.08. The van der Waals surface area contributed by atoms with Crippen LogP contribution in [0.2, 0.25) is 0 Å². The summed E-state index contributed by atoms with van der Waals surface area (Å²) in [5, 5.41) is 9.08. The van der Waals surface area contributed by atoms with Crippen molar-refractivity contribution < 1.29 is 4.74 Å². The van der Waals surface area contributed by atoms with Crippen LogP contribution in [-0.4, -0.2) is 35.2 Å². The Bertz CT molecular complexity index is 468. The topological polar surface area (TPSA) is 49.2 Å². The molecule has 0 radical (unpaired) electrons. The summed E-state index contributed by atoms with van der Waals surface area (Å²) in [6.07, 6.45) is 5.73. The molecule has 1 aliphatic carbocycles. The van der Waals surface area contributed by atoms with Gasteiger partial charge in [-0.2, -0.15) is 5.26 Å². The smallest absolute Gasteiger partial charge is 0.144 e. The van der Waals surface area contributed by atoms with E-state index < -0.39 is 0 Å². The number of nitriles is 1. The lowest BCUT2D eigenvalue weighted by molar-refractivity contribution is -0.0588. The predicted octanol–water partition coefficient (Wildman–Crippen LogP) is 1.71. The van der Waals surface area contributed by atoms with Gasteiger partial charge in [0.25, 0.3) is 0 Å². The molecule has 2 aliphatic rings. The molecule has 0 aromatic carbocycles. The second kappa shape index (κ2) is 5.05. The Balaban J connectivity index is 1.77. The highest BCUT2D eigenvalue weighted by Crippen LogP contribution is 2.30. The van der Waals surface area contributed by atoms with Crippen molar-refractivity contribution in [2.45, 2.75) is 38.0 Å². The summed E-state index contributed by atoms with van der Waals surface area (Å²) in [5.41, 5.74) is 1.59. The zero-order chi connectivity index (χ0) is 12.4. The molecular formula is C14H17N3O. The minimum absolute atomic E-state index is 0.404. The molecule has 3 rings (SSSR count). The number of fused-ring (bicyclic) bond motifs is 1. The zero-order valence-electron chi connectivity index (χ0n) is 10.4. The van der Waals surface area contributed by atoms with Crippen molar-refractivity contribution in [3.05, 3.63) is 29.6 Å². The molecule has 1 aliphatic heterocycles. The van der Waals surface area contributed by atoms with Gasteiger partial charge in [0.2, 0.25) is 0 Å². The molecule has 4 nitrogen and oxygen atoms in total. The average molecular weight is 243 g/mol. The van der Waals surface area contributed by atoms with Gasteiger partial charge in [0, 0.05) is 30.9 Å². The Morgan fingerprint density at radius 3 is 3.33 bits per heavy atom. The van der Waals surface area contributed by atoms with Crippen LogP contribution in [-0.2, 0) is 11.3 Å². The first-order chi connectivity index (χ1) is 8.88. The van der Waals surface area contributed by atoms with Crippen LogP contribution >= 0.6 is 0 Å². The fraction of sp³-hybridized carbons (Fsp3) is 0.571. The number of ether oxygens (including phenoxy) is 1. The van der Waals surface area contributed by atoms with Gasteiger partial charge in [-0.25, -0.2) is 4.98 Å². The minimum Gasteiger partial charge on any atom is -0.375 e. The van der Waals surface area contributed by atoms with Crippen LogP contribution in [0.25, 0.3) is 0 Å². The molecule has 94 valence electrons. The van der Waals surface area contributed by atoms with Crippen molar-refractivity contribution in [1.82, 2.24) is 9.88 Å². The van der Waals surface area contributed by atoms with Crippen LogP contribution in [0.1, 0.15) is 30.5 Å². The molecule has 0 spiro atoms. The highest BCUT2D eigenvalue weighted by Gasteiger charge is 2.36. The Morgan fingerprint density at radius 2 is 2.44 bits per heavy atom. The van der Waals surface area contributed by atoms with Crippen LogP contribution in [0.4, 0.5) is 0 Å². The van der Waals surface area contributed by atoms with Crippen LogP contribution in [0, 0.1) is 11.3 Å². The van der Waals surface area contributed by atoms with Crippen LogP contribution in [0.5, 0.6) is 0 Å². The van der Waals surface area contributed by atoms with E-state index in [1.54, 1.807) is 6.20 Å². The molecule has 0 amide bonds. The maximum atomic E-state index is 9.08. The Kier molecular flexibility index (Phi) is 3.26. The molecule has 2 atom stereocenters. The number of hydrogen-bond acceptors (Lipinski definition) is 4. The first kappa shape index (κ1) is 11.6. The van der Waals surface area contributed by atoms with E-state index in [1.165, 1.54) is 19.3 Å². The molecule has 4 heteroatoms. The summed E-state index contributed by atoms with van der Waals surface area (Å²) in [6.45, 7) is 2.59. The third-order valence-electron chi connectivity index (χ3n) is 3.97. The van der Waals surface area contributed by atoms with E-state index in [1.807, 2.05) is 12.1 Å². The van der Waals surface area contributed by atoms with Crippen molar-refractivity contribution in [2.24, 2.45) is 0 Å². The van der Waals surface area contributed by atoms with E-state index in [4.69, 9.17) is 10.00 Å². The summed E-state index contributed by atoms with van der Waals surface area (Å²) < 4.78 is 5.80. The third kappa shape index (κ3) is 2.12. The second-order valence-electron chi connectivity index (χ2n) is 5.00. The third-order valence-corrected chi connectivity index (χ3v) is 3.97. The summed E-state index contributed by atoms with van der Waals surface area (Å²) in [7, 11) is 0. The van der Waals surface area contributed by atoms with E-state index in [0.29, 0.717) is 17.8 Å². The average Bonchev–Trinajstić information content (AvgIpc) is 2.89. The monoisotopic (exact) mass is 243 g/mol. The molecule has 1 aromatic heterocycles. The van der Waals surface area contributed by atoms with Gasteiger partial charge in [-0.3, -0.25) is 4.90 Å². The van der Waals surface area contributed by atoms with Gasteiger partial charge in [-0.15, -0.1) is 0 Å². The SMILES string of the molecule is N#Cc1ncccc1CN1CCOC2CCCC21. The molecule has 1 aromatic rings. The molecule has 2 heterocycles. The molecule has 18 heavy (non-hydrogen) atoms. The lowest BCUT2D eigenvalue weighted by atomic mass is 10.1. The van der Waals surface area contributed by atoms with Gasteiger partial charge >= 0.3 is 0 Å². The van der Waals surface area contributed by atoms with Crippen LogP contribution in [0.3, 0.4) is 0 Å². The standard InChI is InChI=1S/C14H17N3O/c15-9-12-11(3-2-6-16-12)10-17-7-8-18-14-5-1-4-13(14)17/h2-3,6,13-14H,1,4-5,7-8,10H2. The van der Waals surface area contributed by atoms with Crippen molar-refractivity contribution in [1.29, 1.82) is 5.26 Å². The van der Waals surface area contributed by atoms with Crippen molar-refractivity contribution in [3.63, 3.8) is 0 Å². The van der Waals surface area contributed by atoms with Gasteiger partial charge in [0.05, 0.1) is 12.7 Å². The zero-order valence-corrected chi connectivity index (χ0v) is 10.4. The highest BCUT2D eigenvalue weighted by atomic mass is 16.5. The first-order valence-corrected chi connectivity index (χ1v) is 6.58.